The van der Waals surface area contributed by atoms with E-state index in [1.165, 1.54) is 88.5 Å². The summed E-state index contributed by atoms with van der Waals surface area (Å²) >= 11 is 5.67. The predicted octanol–water partition coefficient (Wildman–Crippen LogP) is 15.6. The fraction of sp³-hybridized carbons (Fsp3) is 0. The largest absolute Gasteiger partial charge is 0.310 e. The SMILES string of the molecule is c1ccc(-c2ccc(N(c3ccc(-c4ccc5sc6ccccc6c5c4)cc3)c3cccc4sc5ccc6c7ccccc7sc6c5c34)cc2)cc1. The number of nitrogens with zero attached hydrogens (tertiary/aromatic N) is 1. The van der Waals surface area contributed by atoms with Gasteiger partial charge in [-0.3, -0.25) is 0 Å². The van der Waals surface area contributed by atoms with Crippen LogP contribution in [0.3, 0.4) is 0 Å². The van der Waals surface area contributed by atoms with Crippen molar-refractivity contribution >= 4 is 112 Å². The number of hydrogen-bond acceptors (Lipinski definition) is 4. The molecule has 11 aromatic rings. The summed E-state index contributed by atoms with van der Waals surface area (Å²) in [5.74, 6) is 0. The second-order valence-electron chi connectivity index (χ2n) is 13.3. The Morgan fingerprint density at radius 3 is 1.58 bits per heavy atom. The topological polar surface area (TPSA) is 3.24 Å². The van der Waals surface area contributed by atoms with Crippen LogP contribution in [-0.4, -0.2) is 0 Å². The molecular weight excluding hydrogens is 687 g/mol. The van der Waals surface area contributed by atoms with E-state index in [1.54, 1.807) is 0 Å². The maximum absolute atomic E-state index is 2.45. The monoisotopic (exact) mass is 715 g/mol. The van der Waals surface area contributed by atoms with Crippen molar-refractivity contribution in [3.63, 3.8) is 0 Å². The summed E-state index contributed by atoms with van der Waals surface area (Å²) in [5.41, 5.74) is 8.34. The van der Waals surface area contributed by atoms with Crippen LogP contribution < -0.4 is 4.90 Å². The van der Waals surface area contributed by atoms with Gasteiger partial charge < -0.3 is 4.90 Å². The third-order valence-corrected chi connectivity index (χ3v) is 13.8. The fourth-order valence-corrected chi connectivity index (χ4v) is 11.4. The Labute approximate surface area is 312 Å². The minimum atomic E-state index is 1.13. The van der Waals surface area contributed by atoms with Gasteiger partial charge in [0.2, 0.25) is 0 Å². The van der Waals surface area contributed by atoms with Gasteiger partial charge in [0.1, 0.15) is 0 Å². The first-order valence-electron chi connectivity index (χ1n) is 17.5. The molecule has 0 atom stereocenters. The minimum absolute atomic E-state index is 1.13. The van der Waals surface area contributed by atoms with Crippen LogP contribution in [-0.2, 0) is 0 Å². The third-order valence-electron chi connectivity index (χ3n) is 10.3. The van der Waals surface area contributed by atoms with Crippen molar-refractivity contribution < 1.29 is 0 Å². The van der Waals surface area contributed by atoms with Crippen molar-refractivity contribution in [3.8, 4) is 22.3 Å². The maximum atomic E-state index is 2.45. The number of rotatable bonds is 5. The summed E-state index contributed by atoms with van der Waals surface area (Å²) < 4.78 is 7.99. The van der Waals surface area contributed by atoms with Gasteiger partial charge in [-0.25, -0.2) is 0 Å². The van der Waals surface area contributed by atoms with Crippen LogP contribution in [0.2, 0.25) is 0 Å². The lowest BCUT2D eigenvalue weighted by Gasteiger charge is -2.27. The van der Waals surface area contributed by atoms with Crippen LogP contribution in [0.15, 0.2) is 176 Å². The lowest BCUT2D eigenvalue weighted by Crippen LogP contribution is -2.10. The average molecular weight is 716 g/mol. The van der Waals surface area contributed by atoms with Gasteiger partial charge in [-0.15, -0.1) is 34.0 Å². The highest BCUT2D eigenvalue weighted by molar-refractivity contribution is 7.30. The summed E-state index contributed by atoms with van der Waals surface area (Å²) in [6.45, 7) is 0. The zero-order valence-electron chi connectivity index (χ0n) is 27.9. The highest BCUT2D eigenvalue weighted by atomic mass is 32.1. The molecule has 0 amide bonds. The zero-order valence-corrected chi connectivity index (χ0v) is 30.4. The van der Waals surface area contributed by atoms with Gasteiger partial charge in [-0.05, 0) is 89.0 Å². The van der Waals surface area contributed by atoms with E-state index >= 15 is 0 Å². The lowest BCUT2D eigenvalue weighted by molar-refractivity contribution is 1.30. The summed E-state index contributed by atoms with van der Waals surface area (Å²) in [4.78, 5) is 2.45. The molecule has 0 bridgehead atoms. The second-order valence-corrected chi connectivity index (χ2v) is 16.5. The highest BCUT2D eigenvalue weighted by Gasteiger charge is 2.21. The van der Waals surface area contributed by atoms with Gasteiger partial charge in [0.25, 0.3) is 0 Å². The van der Waals surface area contributed by atoms with Crippen molar-refractivity contribution in [1.82, 2.24) is 0 Å². The molecule has 1 nitrogen and oxygen atoms in total. The maximum Gasteiger partial charge on any atom is 0.0555 e. The molecule has 0 aliphatic carbocycles. The van der Waals surface area contributed by atoms with Gasteiger partial charge in [-0.1, -0.05) is 109 Å². The fourth-order valence-electron chi connectivity index (χ4n) is 7.82. The molecule has 0 spiro atoms. The normalized spacial score (nSPS) is 11.8. The Morgan fingerprint density at radius 2 is 0.827 bits per heavy atom. The molecule has 0 saturated heterocycles. The van der Waals surface area contributed by atoms with E-state index in [1.807, 2.05) is 34.0 Å². The van der Waals surface area contributed by atoms with E-state index in [4.69, 9.17) is 0 Å². The summed E-state index contributed by atoms with van der Waals surface area (Å²) in [6.07, 6.45) is 0. The Bertz CT molecular complexity index is 3110. The van der Waals surface area contributed by atoms with E-state index in [0.717, 1.165) is 11.4 Å². The van der Waals surface area contributed by atoms with Gasteiger partial charge >= 0.3 is 0 Å². The quantitative estimate of drug-likeness (QED) is 0.171. The van der Waals surface area contributed by atoms with E-state index in [2.05, 4.69) is 181 Å². The van der Waals surface area contributed by atoms with Crippen molar-refractivity contribution in [1.29, 1.82) is 0 Å². The molecule has 0 aliphatic rings. The Kier molecular flexibility index (Phi) is 6.84. The van der Waals surface area contributed by atoms with Crippen LogP contribution in [0.4, 0.5) is 17.1 Å². The number of thiophene rings is 3. The first-order chi connectivity index (χ1) is 25.8. The Morgan fingerprint density at radius 1 is 0.308 bits per heavy atom. The van der Waals surface area contributed by atoms with Crippen LogP contribution in [0.25, 0.3) is 82.8 Å². The van der Waals surface area contributed by atoms with Gasteiger partial charge in [0, 0.05) is 71.9 Å². The number of fused-ring (bicyclic) bond motifs is 10. The van der Waals surface area contributed by atoms with Crippen molar-refractivity contribution in [2.45, 2.75) is 0 Å². The first kappa shape index (κ1) is 29.9. The van der Waals surface area contributed by atoms with Gasteiger partial charge in [0.05, 0.1) is 5.69 Å². The second kappa shape index (κ2) is 11.9. The molecule has 0 N–H and O–H groups in total. The molecule has 8 aromatic carbocycles. The number of benzene rings is 8. The average Bonchev–Trinajstić information content (AvgIpc) is 3.90. The molecule has 52 heavy (non-hydrogen) atoms. The van der Waals surface area contributed by atoms with Crippen molar-refractivity contribution in [2.24, 2.45) is 0 Å². The molecule has 244 valence electrons. The van der Waals surface area contributed by atoms with Crippen molar-refractivity contribution in [2.75, 3.05) is 4.90 Å². The lowest BCUT2D eigenvalue weighted by atomic mass is 10.0. The van der Waals surface area contributed by atoms with Crippen LogP contribution in [0, 0.1) is 0 Å². The van der Waals surface area contributed by atoms with E-state index in [0.29, 0.717) is 0 Å². The number of anilines is 3. The molecular formula is C48H29NS3. The Balaban J connectivity index is 1.10. The van der Waals surface area contributed by atoms with Crippen LogP contribution >= 0.6 is 34.0 Å². The first-order valence-corrected chi connectivity index (χ1v) is 19.9. The summed E-state index contributed by atoms with van der Waals surface area (Å²) in [6, 6.07) is 64.7. The highest BCUT2D eigenvalue weighted by Crippen LogP contribution is 2.49. The van der Waals surface area contributed by atoms with Crippen molar-refractivity contribution in [3.05, 3.63) is 176 Å². The number of hydrogen-bond donors (Lipinski definition) is 0. The molecule has 3 aromatic heterocycles. The van der Waals surface area contributed by atoms with Gasteiger partial charge in [0.15, 0.2) is 0 Å². The van der Waals surface area contributed by atoms with Crippen LogP contribution in [0.5, 0.6) is 0 Å². The van der Waals surface area contributed by atoms with Crippen LogP contribution in [0.1, 0.15) is 0 Å². The Hall–Kier alpha value is -5.78. The standard InChI is InChI=1S/C48H29NS3/c1-2-9-30(10-3-1)31-17-22-34(23-18-31)49(35-24-19-32(20-25-35)33-21-27-43-39(29-33)37-12-5-6-14-41(37)50-43)40-13-8-16-44-46(40)47-45(51-44)28-26-38-36-11-4-7-15-42(36)52-48(38)47/h1-29H. The predicted molar refractivity (Wildman–Crippen MR) is 231 cm³/mol. The zero-order chi connectivity index (χ0) is 34.2. The smallest absolute Gasteiger partial charge is 0.0555 e. The third kappa shape index (κ3) is 4.72. The summed E-state index contributed by atoms with van der Waals surface area (Å²) in [7, 11) is 0. The molecule has 0 aliphatic heterocycles. The molecule has 0 radical (unpaired) electrons. The molecule has 0 unspecified atom stereocenters. The molecule has 0 saturated carbocycles. The molecule has 3 heterocycles. The molecule has 4 heteroatoms. The molecule has 11 rings (SSSR count). The minimum Gasteiger partial charge on any atom is -0.310 e. The van der Waals surface area contributed by atoms with E-state index in [-0.39, 0.29) is 0 Å². The van der Waals surface area contributed by atoms with Gasteiger partial charge in [-0.2, -0.15) is 0 Å². The van der Waals surface area contributed by atoms with E-state index < -0.39 is 0 Å². The summed E-state index contributed by atoms with van der Waals surface area (Å²) in [5, 5.41) is 7.99. The van der Waals surface area contributed by atoms with E-state index in [9.17, 15) is 0 Å². The molecule has 0 fully saturated rings.